The van der Waals surface area contributed by atoms with Crippen LogP contribution in [0.3, 0.4) is 0 Å². The van der Waals surface area contributed by atoms with Crippen LogP contribution in [-0.2, 0) is 11.2 Å². The fourth-order valence-electron chi connectivity index (χ4n) is 0.983. The molecule has 0 saturated carbocycles. The molecule has 0 aliphatic heterocycles. The van der Waals surface area contributed by atoms with Gasteiger partial charge in [0.1, 0.15) is 12.0 Å². The van der Waals surface area contributed by atoms with Gasteiger partial charge in [-0.3, -0.25) is 4.79 Å². The maximum Gasteiger partial charge on any atom is 0.138 e. The summed E-state index contributed by atoms with van der Waals surface area (Å²) in [6.07, 6.45) is 4.51. The number of aromatic nitrogens is 1. The van der Waals surface area contributed by atoms with Crippen molar-refractivity contribution in [1.29, 1.82) is 0 Å². The van der Waals surface area contributed by atoms with Gasteiger partial charge in [-0.1, -0.05) is 25.9 Å². The molecule has 0 atom stereocenters. The lowest BCUT2D eigenvalue weighted by molar-refractivity contribution is -0.126. The van der Waals surface area contributed by atoms with Crippen LogP contribution in [0, 0.1) is 5.41 Å². The number of aryl methyl sites for hydroxylation is 1. The summed E-state index contributed by atoms with van der Waals surface area (Å²) in [7, 11) is 0. The molecule has 0 bridgehead atoms. The standard InChI is InChI=1S/C10H15NO2/c1-10(2,3)9(12)5-4-8-6-11-13-7-8/h6-7H,4-5H2,1-3H3. The van der Waals surface area contributed by atoms with E-state index < -0.39 is 0 Å². The largest absolute Gasteiger partial charge is 0.364 e. The lowest BCUT2D eigenvalue weighted by Gasteiger charge is -2.15. The quantitative estimate of drug-likeness (QED) is 0.718. The molecule has 0 aliphatic rings. The molecule has 1 aromatic heterocycles. The van der Waals surface area contributed by atoms with Gasteiger partial charge in [0.05, 0.1) is 6.20 Å². The van der Waals surface area contributed by atoms with Crippen molar-refractivity contribution in [2.75, 3.05) is 0 Å². The number of hydrogen-bond donors (Lipinski definition) is 0. The van der Waals surface area contributed by atoms with Crippen molar-refractivity contribution in [2.45, 2.75) is 33.6 Å². The van der Waals surface area contributed by atoms with Crippen molar-refractivity contribution in [3.8, 4) is 0 Å². The number of carbonyl (C=O) groups is 1. The molecule has 0 amide bonds. The molecule has 0 N–H and O–H groups in total. The first-order valence-electron chi connectivity index (χ1n) is 4.42. The summed E-state index contributed by atoms with van der Waals surface area (Å²) in [5.41, 5.74) is 0.745. The molecule has 3 heteroatoms. The van der Waals surface area contributed by atoms with Gasteiger partial charge in [0.15, 0.2) is 0 Å². The van der Waals surface area contributed by atoms with E-state index in [0.29, 0.717) is 6.42 Å². The summed E-state index contributed by atoms with van der Waals surface area (Å²) >= 11 is 0. The Kier molecular flexibility index (Phi) is 2.86. The number of ketones is 1. The minimum absolute atomic E-state index is 0.239. The number of rotatable bonds is 3. The third-order valence-electron chi connectivity index (χ3n) is 1.96. The molecule has 0 aromatic carbocycles. The predicted octanol–water partition coefficient (Wildman–Crippen LogP) is 2.22. The zero-order valence-electron chi connectivity index (χ0n) is 8.33. The first-order valence-corrected chi connectivity index (χ1v) is 4.42. The fourth-order valence-corrected chi connectivity index (χ4v) is 0.983. The van der Waals surface area contributed by atoms with Crippen LogP contribution < -0.4 is 0 Å². The molecule has 0 aliphatic carbocycles. The molecule has 0 radical (unpaired) electrons. The number of carbonyl (C=O) groups excluding carboxylic acids is 1. The molecule has 1 rings (SSSR count). The molecular formula is C10H15NO2. The van der Waals surface area contributed by atoms with Crippen molar-refractivity contribution in [1.82, 2.24) is 5.16 Å². The number of Topliss-reactive ketones (excluding diaryl/α,β-unsaturated/α-hetero) is 1. The van der Waals surface area contributed by atoms with Gasteiger partial charge >= 0.3 is 0 Å². The van der Waals surface area contributed by atoms with E-state index in [1.54, 1.807) is 12.5 Å². The Balaban J connectivity index is 2.40. The van der Waals surface area contributed by atoms with Crippen molar-refractivity contribution in [2.24, 2.45) is 5.41 Å². The third kappa shape index (κ3) is 3.01. The first kappa shape index (κ1) is 9.96. The lowest BCUT2D eigenvalue weighted by atomic mass is 9.88. The van der Waals surface area contributed by atoms with E-state index in [2.05, 4.69) is 9.68 Å². The van der Waals surface area contributed by atoms with E-state index >= 15 is 0 Å². The minimum atomic E-state index is -0.239. The van der Waals surface area contributed by atoms with E-state index in [9.17, 15) is 4.79 Å². The normalized spacial score (nSPS) is 11.6. The highest BCUT2D eigenvalue weighted by molar-refractivity contribution is 5.83. The molecule has 3 nitrogen and oxygen atoms in total. The molecule has 0 fully saturated rings. The monoisotopic (exact) mass is 181 g/mol. The second-order valence-electron chi connectivity index (χ2n) is 4.21. The Bertz CT molecular complexity index is 270. The second-order valence-corrected chi connectivity index (χ2v) is 4.21. The average Bonchev–Trinajstić information content (AvgIpc) is 2.50. The van der Waals surface area contributed by atoms with Crippen LogP contribution in [-0.4, -0.2) is 10.9 Å². The third-order valence-corrected chi connectivity index (χ3v) is 1.96. The summed E-state index contributed by atoms with van der Waals surface area (Å²) in [5, 5.41) is 3.58. The Morgan fingerprint density at radius 3 is 2.69 bits per heavy atom. The van der Waals surface area contributed by atoms with Crippen LogP contribution in [0.1, 0.15) is 32.8 Å². The molecule has 1 heterocycles. The van der Waals surface area contributed by atoms with Gasteiger partial charge in [-0.25, -0.2) is 0 Å². The number of hydrogen-bond acceptors (Lipinski definition) is 3. The van der Waals surface area contributed by atoms with E-state index in [1.165, 1.54) is 0 Å². The summed E-state index contributed by atoms with van der Waals surface area (Å²) in [6, 6.07) is 0. The van der Waals surface area contributed by atoms with Gasteiger partial charge in [-0.15, -0.1) is 0 Å². The highest BCUT2D eigenvalue weighted by Crippen LogP contribution is 2.17. The van der Waals surface area contributed by atoms with E-state index in [4.69, 9.17) is 0 Å². The van der Waals surface area contributed by atoms with Crippen LogP contribution in [0.25, 0.3) is 0 Å². The summed E-state index contributed by atoms with van der Waals surface area (Å²) in [6.45, 7) is 5.80. The van der Waals surface area contributed by atoms with Gasteiger partial charge in [0.2, 0.25) is 0 Å². The molecule has 13 heavy (non-hydrogen) atoms. The fraction of sp³-hybridized carbons (Fsp3) is 0.600. The molecule has 72 valence electrons. The molecule has 0 unspecified atom stereocenters. The van der Waals surface area contributed by atoms with Crippen LogP contribution in [0.15, 0.2) is 17.0 Å². The van der Waals surface area contributed by atoms with Gasteiger partial charge in [-0.05, 0) is 6.42 Å². The van der Waals surface area contributed by atoms with Crippen molar-refractivity contribution in [3.05, 3.63) is 18.0 Å². The minimum Gasteiger partial charge on any atom is -0.364 e. The van der Waals surface area contributed by atoms with Gasteiger partial charge in [0.25, 0.3) is 0 Å². The summed E-state index contributed by atoms with van der Waals surface area (Å²) in [5.74, 6) is 0.272. The Morgan fingerprint density at radius 1 is 1.54 bits per heavy atom. The van der Waals surface area contributed by atoms with Crippen LogP contribution in [0.5, 0.6) is 0 Å². The lowest BCUT2D eigenvalue weighted by Crippen LogP contribution is -2.20. The number of nitrogens with zero attached hydrogens (tertiary/aromatic N) is 1. The van der Waals surface area contributed by atoms with Gasteiger partial charge in [-0.2, -0.15) is 0 Å². The highest BCUT2D eigenvalue weighted by Gasteiger charge is 2.20. The van der Waals surface area contributed by atoms with E-state index in [1.807, 2.05) is 20.8 Å². The predicted molar refractivity (Wildman–Crippen MR) is 49.3 cm³/mol. The Hall–Kier alpha value is -1.12. The topological polar surface area (TPSA) is 43.1 Å². The highest BCUT2D eigenvalue weighted by atomic mass is 16.5. The Labute approximate surface area is 78.1 Å². The molecule has 0 saturated heterocycles. The van der Waals surface area contributed by atoms with Crippen molar-refractivity contribution >= 4 is 5.78 Å². The maximum absolute atomic E-state index is 11.5. The maximum atomic E-state index is 11.5. The van der Waals surface area contributed by atoms with Crippen LogP contribution in [0.2, 0.25) is 0 Å². The van der Waals surface area contributed by atoms with Crippen LogP contribution in [0.4, 0.5) is 0 Å². The van der Waals surface area contributed by atoms with Crippen LogP contribution >= 0.6 is 0 Å². The second kappa shape index (κ2) is 3.73. The van der Waals surface area contributed by atoms with Crippen molar-refractivity contribution < 1.29 is 9.32 Å². The smallest absolute Gasteiger partial charge is 0.138 e. The molecule has 0 spiro atoms. The Morgan fingerprint density at radius 2 is 2.23 bits per heavy atom. The molecular weight excluding hydrogens is 166 g/mol. The summed E-state index contributed by atoms with van der Waals surface area (Å²) in [4.78, 5) is 11.5. The summed E-state index contributed by atoms with van der Waals surface area (Å²) < 4.78 is 4.67. The first-order chi connectivity index (χ1) is 6.00. The van der Waals surface area contributed by atoms with Gasteiger partial charge < -0.3 is 4.52 Å². The zero-order valence-corrected chi connectivity index (χ0v) is 8.33. The SMILES string of the molecule is CC(C)(C)C(=O)CCc1cnoc1. The zero-order chi connectivity index (χ0) is 9.90. The van der Waals surface area contributed by atoms with E-state index in [-0.39, 0.29) is 11.2 Å². The van der Waals surface area contributed by atoms with Gasteiger partial charge in [0, 0.05) is 17.4 Å². The average molecular weight is 181 g/mol. The molecule has 1 aromatic rings. The van der Waals surface area contributed by atoms with Crippen molar-refractivity contribution in [3.63, 3.8) is 0 Å². The van der Waals surface area contributed by atoms with E-state index in [0.717, 1.165) is 12.0 Å².